The fourth-order valence-electron chi connectivity index (χ4n) is 5.15. The second-order valence-corrected chi connectivity index (χ2v) is 10.7. The van der Waals surface area contributed by atoms with E-state index in [1.165, 1.54) is 23.5 Å². The highest BCUT2D eigenvalue weighted by Gasteiger charge is 2.42. The number of ether oxygens (including phenoxy) is 1. The van der Waals surface area contributed by atoms with E-state index in [9.17, 15) is 18.0 Å². The summed E-state index contributed by atoms with van der Waals surface area (Å²) in [5, 5.41) is 0. The van der Waals surface area contributed by atoms with Crippen LogP contribution in [0.15, 0.2) is 58.2 Å². The number of hydrogen-bond donors (Lipinski definition) is 1. The maximum Gasteiger partial charge on any atom is 0.326 e. The van der Waals surface area contributed by atoms with E-state index in [0.717, 1.165) is 11.0 Å². The maximum atomic E-state index is 13.4. The predicted octanol–water partition coefficient (Wildman–Crippen LogP) is 2.35. The minimum atomic E-state index is -3.79. The zero-order valence-electron chi connectivity index (χ0n) is 19.0. The topological polar surface area (TPSA) is 105 Å². The van der Waals surface area contributed by atoms with E-state index in [0.29, 0.717) is 51.1 Å². The molecule has 2 saturated heterocycles. The summed E-state index contributed by atoms with van der Waals surface area (Å²) in [6, 6.07) is 13.1. The third kappa shape index (κ3) is 3.90. The Kier molecular flexibility index (Phi) is 5.95. The number of piperidine rings is 1. The fraction of sp³-hybridized carbons (Fsp3) is 0.417. The minimum Gasteiger partial charge on any atom is -0.497 e. The number of nitrogens with zero attached hydrogens (tertiary/aromatic N) is 3. The Morgan fingerprint density at radius 3 is 2.41 bits per heavy atom. The molecular formula is C24H28N4O5S. The molecule has 2 fully saturated rings. The number of amides is 1. The smallest absolute Gasteiger partial charge is 0.326 e. The number of nitrogens with one attached hydrogen (secondary N) is 1. The number of aromatic amines is 1. The van der Waals surface area contributed by atoms with Crippen LogP contribution in [0.3, 0.4) is 0 Å². The van der Waals surface area contributed by atoms with Gasteiger partial charge in [-0.3, -0.25) is 9.36 Å². The van der Waals surface area contributed by atoms with Crippen molar-refractivity contribution in [1.29, 1.82) is 0 Å². The molecule has 1 aromatic heterocycles. The number of imidazole rings is 1. The molecule has 5 rings (SSSR count). The molecule has 10 heteroatoms. The number of para-hydroxylation sites is 2. The second kappa shape index (κ2) is 8.92. The van der Waals surface area contributed by atoms with Gasteiger partial charge in [0.05, 0.1) is 23.0 Å². The normalized spacial score (nSPS) is 20.1. The average molecular weight is 485 g/mol. The zero-order valence-corrected chi connectivity index (χ0v) is 19.8. The van der Waals surface area contributed by atoms with Crippen LogP contribution in [0.5, 0.6) is 5.75 Å². The van der Waals surface area contributed by atoms with Crippen LogP contribution in [0.1, 0.15) is 31.7 Å². The summed E-state index contributed by atoms with van der Waals surface area (Å²) in [4.78, 5) is 30.7. The summed E-state index contributed by atoms with van der Waals surface area (Å²) in [5.41, 5.74) is 1.53. The Morgan fingerprint density at radius 2 is 1.71 bits per heavy atom. The molecule has 9 nitrogen and oxygen atoms in total. The monoisotopic (exact) mass is 484 g/mol. The van der Waals surface area contributed by atoms with Gasteiger partial charge in [-0.25, -0.2) is 13.2 Å². The highest BCUT2D eigenvalue weighted by molar-refractivity contribution is 7.89. The molecule has 3 heterocycles. The largest absolute Gasteiger partial charge is 0.497 e. The first-order valence-corrected chi connectivity index (χ1v) is 13.0. The lowest BCUT2D eigenvalue weighted by Gasteiger charge is -2.35. The van der Waals surface area contributed by atoms with Crippen LogP contribution in [0.25, 0.3) is 11.0 Å². The Bertz CT molecular complexity index is 1350. The number of hydrogen-bond acceptors (Lipinski definition) is 5. The molecule has 0 spiro atoms. The first-order valence-electron chi connectivity index (χ1n) is 11.5. The van der Waals surface area contributed by atoms with Crippen LogP contribution in [0.2, 0.25) is 0 Å². The number of fused-ring (bicyclic) bond motifs is 1. The first-order chi connectivity index (χ1) is 16.4. The van der Waals surface area contributed by atoms with Crippen molar-refractivity contribution in [3.05, 3.63) is 59.0 Å². The first kappa shape index (κ1) is 22.7. The fourth-order valence-corrected chi connectivity index (χ4v) is 6.80. The lowest BCUT2D eigenvalue weighted by Crippen LogP contribution is -2.50. The molecule has 3 aromatic rings. The average Bonchev–Trinajstić information content (AvgIpc) is 3.48. The second-order valence-electron chi connectivity index (χ2n) is 8.82. The van der Waals surface area contributed by atoms with Crippen LogP contribution in [0, 0.1) is 0 Å². The van der Waals surface area contributed by atoms with Crippen LogP contribution in [-0.2, 0) is 14.8 Å². The molecule has 0 saturated carbocycles. The molecule has 0 radical (unpaired) electrons. The molecule has 1 N–H and O–H groups in total. The molecule has 1 amide bonds. The molecule has 34 heavy (non-hydrogen) atoms. The van der Waals surface area contributed by atoms with Crippen LogP contribution >= 0.6 is 0 Å². The number of methoxy groups -OCH3 is 1. The van der Waals surface area contributed by atoms with Gasteiger partial charge in [-0.05, 0) is 62.1 Å². The summed E-state index contributed by atoms with van der Waals surface area (Å²) < 4.78 is 34.8. The summed E-state index contributed by atoms with van der Waals surface area (Å²) in [7, 11) is -2.27. The number of rotatable bonds is 5. The van der Waals surface area contributed by atoms with Gasteiger partial charge < -0.3 is 14.6 Å². The molecule has 0 bridgehead atoms. The summed E-state index contributed by atoms with van der Waals surface area (Å²) in [5.74, 6) is 0.421. The lowest BCUT2D eigenvalue weighted by atomic mass is 10.0. The van der Waals surface area contributed by atoms with Crippen molar-refractivity contribution in [3.63, 3.8) is 0 Å². The molecule has 2 aliphatic rings. The zero-order chi connectivity index (χ0) is 23.9. The number of carbonyl (C=O) groups is 1. The molecule has 0 unspecified atom stereocenters. The van der Waals surface area contributed by atoms with Crippen LogP contribution in [0.4, 0.5) is 0 Å². The molecule has 1 atom stereocenters. The number of H-pyrrole nitrogens is 1. The molecular weight excluding hydrogens is 456 g/mol. The van der Waals surface area contributed by atoms with Gasteiger partial charge in [0.2, 0.25) is 15.9 Å². The van der Waals surface area contributed by atoms with Crippen LogP contribution in [-0.4, -0.2) is 65.9 Å². The Hall–Kier alpha value is -3.11. The highest BCUT2D eigenvalue weighted by Crippen LogP contribution is 2.30. The minimum absolute atomic E-state index is 0.00425. The van der Waals surface area contributed by atoms with Crippen molar-refractivity contribution < 1.29 is 17.9 Å². The number of likely N-dealkylation sites (tertiary alicyclic amines) is 1. The van der Waals surface area contributed by atoms with E-state index in [4.69, 9.17) is 4.74 Å². The Balaban J connectivity index is 1.30. The van der Waals surface area contributed by atoms with Gasteiger partial charge >= 0.3 is 5.69 Å². The molecule has 2 aromatic carbocycles. The summed E-state index contributed by atoms with van der Waals surface area (Å²) in [6.07, 6.45) is 2.44. The highest BCUT2D eigenvalue weighted by atomic mass is 32.2. The van der Waals surface area contributed by atoms with Gasteiger partial charge in [0.15, 0.2) is 0 Å². The van der Waals surface area contributed by atoms with E-state index in [1.54, 1.807) is 21.6 Å². The third-order valence-corrected chi connectivity index (χ3v) is 8.84. The number of benzene rings is 2. The van der Waals surface area contributed by atoms with Gasteiger partial charge in [-0.2, -0.15) is 4.31 Å². The lowest BCUT2D eigenvalue weighted by molar-refractivity contribution is -0.135. The van der Waals surface area contributed by atoms with Gasteiger partial charge in [0.25, 0.3) is 0 Å². The van der Waals surface area contributed by atoms with E-state index in [2.05, 4.69) is 4.98 Å². The van der Waals surface area contributed by atoms with E-state index in [1.807, 2.05) is 24.3 Å². The summed E-state index contributed by atoms with van der Waals surface area (Å²) >= 11 is 0. The van der Waals surface area contributed by atoms with Gasteiger partial charge in [0, 0.05) is 25.7 Å². The van der Waals surface area contributed by atoms with Crippen molar-refractivity contribution in [3.8, 4) is 5.75 Å². The predicted molar refractivity (Wildman–Crippen MR) is 127 cm³/mol. The van der Waals surface area contributed by atoms with Crippen molar-refractivity contribution in [1.82, 2.24) is 18.8 Å². The van der Waals surface area contributed by atoms with Gasteiger partial charge in [0.1, 0.15) is 11.8 Å². The standard InChI is InChI=1S/C24H28N4O5S/c1-33-18-8-10-19(11-9-18)34(31,32)27-14-4-7-22(27)23(29)26-15-12-17(13-16-26)28-21-6-3-2-5-20(21)25-24(28)30/h2-3,5-6,8-11,17,22H,4,7,12-16H2,1H3,(H,25,30)/t22-/m1/s1. The molecule has 180 valence electrons. The van der Waals surface area contributed by atoms with E-state index in [-0.39, 0.29) is 22.5 Å². The number of carbonyl (C=O) groups excluding carboxylic acids is 1. The van der Waals surface area contributed by atoms with Crippen molar-refractivity contribution in [2.24, 2.45) is 0 Å². The third-order valence-electron chi connectivity index (χ3n) is 6.92. The van der Waals surface area contributed by atoms with Gasteiger partial charge in [-0.1, -0.05) is 12.1 Å². The maximum absolute atomic E-state index is 13.4. The summed E-state index contributed by atoms with van der Waals surface area (Å²) in [6.45, 7) is 1.30. The van der Waals surface area contributed by atoms with E-state index >= 15 is 0 Å². The molecule has 0 aliphatic carbocycles. The Morgan fingerprint density at radius 1 is 1.00 bits per heavy atom. The van der Waals surface area contributed by atoms with Crippen molar-refractivity contribution in [2.75, 3.05) is 26.7 Å². The van der Waals surface area contributed by atoms with Crippen molar-refractivity contribution in [2.45, 2.75) is 42.7 Å². The number of aromatic nitrogens is 2. The number of sulfonamides is 1. The quantitative estimate of drug-likeness (QED) is 0.599. The van der Waals surface area contributed by atoms with Crippen molar-refractivity contribution >= 4 is 27.0 Å². The van der Waals surface area contributed by atoms with E-state index < -0.39 is 16.1 Å². The SMILES string of the molecule is COc1ccc(S(=O)(=O)N2CCC[C@@H]2C(=O)N2CCC(n3c(=O)[nH]c4ccccc43)CC2)cc1. The van der Waals surface area contributed by atoms with Crippen LogP contribution < -0.4 is 10.4 Å². The van der Waals surface area contributed by atoms with Gasteiger partial charge in [-0.15, -0.1) is 0 Å². The molecule has 2 aliphatic heterocycles. The Labute approximate surface area is 198 Å².